The van der Waals surface area contributed by atoms with E-state index in [0.717, 1.165) is 0 Å². The maximum Gasteiger partial charge on any atom is 0.470 e. The summed E-state index contributed by atoms with van der Waals surface area (Å²) in [5.41, 5.74) is 3.81. The van der Waals surface area contributed by atoms with Crippen molar-refractivity contribution < 1.29 is 18.0 Å². The van der Waals surface area contributed by atoms with Gasteiger partial charge in [-0.3, -0.25) is 4.79 Å². The SMILES string of the molecule is C[SiH3].NC(=O)C(F)(F)F. The Morgan fingerprint density at radius 3 is 1.56 bits per heavy atom. The van der Waals surface area contributed by atoms with Crippen molar-refractivity contribution in [3.63, 3.8) is 0 Å². The van der Waals surface area contributed by atoms with Gasteiger partial charge in [-0.05, 0) is 10.2 Å². The zero-order chi connectivity index (χ0) is 8.08. The number of carbonyl (C=O) groups is 1. The highest BCUT2D eigenvalue weighted by molar-refractivity contribution is 6.05. The average Bonchev–Trinajstić information content (AvgIpc) is 1.69. The van der Waals surface area contributed by atoms with Crippen LogP contribution in [-0.2, 0) is 4.79 Å². The van der Waals surface area contributed by atoms with Crippen molar-refractivity contribution in [3.05, 3.63) is 0 Å². The smallest absolute Gasteiger partial charge is 0.362 e. The van der Waals surface area contributed by atoms with E-state index in [1.165, 1.54) is 10.2 Å². The first-order valence-corrected chi connectivity index (χ1v) is 4.31. The Bertz CT molecular complexity index is 91.5. The summed E-state index contributed by atoms with van der Waals surface area (Å²) in [7, 11) is 1.31. The molecule has 0 saturated heterocycles. The summed E-state index contributed by atoms with van der Waals surface area (Å²) >= 11 is 0. The van der Waals surface area contributed by atoms with Crippen molar-refractivity contribution in [1.82, 2.24) is 0 Å². The third-order valence-electron chi connectivity index (χ3n) is 0.279. The molecule has 1 amide bonds. The fourth-order valence-corrected chi connectivity index (χ4v) is 0. The minimum absolute atomic E-state index is 1.31. The van der Waals surface area contributed by atoms with E-state index >= 15 is 0 Å². The molecule has 56 valence electrons. The molecule has 9 heavy (non-hydrogen) atoms. The molecule has 0 bridgehead atoms. The molecular weight excluding hydrogens is 151 g/mol. The average molecular weight is 159 g/mol. The first-order chi connectivity index (χ1) is 3.94. The van der Waals surface area contributed by atoms with Crippen LogP contribution in [0.3, 0.4) is 0 Å². The molecule has 0 heterocycles. The van der Waals surface area contributed by atoms with E-state index in [4.69, 9.17) is 4.79 Å². The Morgan fingerprint density at radius 1 is 1.44 bits per heavy atom. The summed E-state index contributed by atoms with van der Waals surface area (Å²) in [6.07, 6.45) is -4.86. The second kappa shape index (κ2) is 4.36. The van der Waals surface area contributed by atoms with Gasteiger partial charge in [0.25, 0.3) is 0 Å². The maximum absolute atomic E-state index is 10.7. The van der Waals surface area contributed by atoms with Crippen molar-refractivity contribution >= 4 is 16.1 Å². The van der Waals surface area contributed by atoms with Crippen LogP contribution in [-0.4, -0.2) is 22.3 Å². The molecular formula is C3H8F3NOSi. The van der Waals surface area contributed by atoms with Gasteiger partial charge in [0.1, 0.15) is 0 Å². The molecule has 0 spiro atoms. The number of hydrogen-bond acceptors (Lipinski definition) is 1. The van der Waals surface area contributed by atoms with E-state index in [-0.39, 0.29) is 0 Å². The van der Waals surface area contributed by atoms with E-state index in [1.807, 2.05) is 0 Å². The second-order valence-electron chi connectivity index (χ2n) is 0.862. The summed E-state index contributed by atoms with van der Waals surface area (Å²) in [6, 6.07) is 0. The third-order valence-corrected chi connectivity index (χ3v) is 0.279. The highest BCUT2D eigenvalue weighted by Crippen LogP contribution is 2.11. The van der Waals surface area contributed by atoms with E-state index in [1.54, 1.807) is 0 Å². The fraction of sp³-hybridized carbons (Fsp3) is 0.667. The lowest BCUT2D eigenvalue weighted by molar-refractivity contribution is -0.169. The van der Waals surface area contributed by atoms with Crippen molar-refractivity contribution in [2.24, 2.45) is 5.73 Å². The highest BCUT2D eigenvalue weighted by Gasteiger charge is 2.35. The molecule has 2 nitrogen and oxygen atoms in total. The highest BCUT2D eigenvalue weighted by atomic mass is 28.1. The quantitative estimate of drug-likeness (QED) is 0.473. The molecule has 0 aromatic rings. The number of amides is 1. The zero-order valence-electron chi connectivity index (χ0n) is 5.12. The van der Waals surface area contributed by atoms with Gasteiger partial charge >= 0.3 is 12.1 Å². The molecule has 0 aromatic heterocycles. The van der Waals surface area contributed by atoms with Crippen molar-refractivity contribution in [2.45, 2.75) is 12.7 Å². The molecule has 0 radical (unpaired) electrons. The summed E-state index contributed by atoms with van der Waals surface area (Å²) in [5.74, 6) is -2.26. The molecule has 2 N–H and O–H groups in total. The molecule has 0 unspecified atom stereocenters. The number of nitrogens with two attached hydrogens (primary N) is 1. The Kier molecular flexibility index (Phi) is 5.48. The van der Waals surface area contributed by atoms with Crippen LogP contribution in [0, 0.1) is 0 Å². The van der Waals surface area contributed by atoms with E-state index in [2.05, 4.69) is 12.3 Å². The summed E-state index contributed by atoms with van der Waals surface area (Å²) in [5, 5.41) is 0. The van der Waals surface area contributed by atoms with E-state index in [0.29, 0.717) is 0 Å². The van der Waals surface area contributed by atoms with Crippen LogP contribution in [0.5, 0.6) is 0 Å². The molecule has 0 rings (SSSR count). The lowest BCUT2D eigenvalue weighted by atomic mass is 10.6. The normalized spacial score (nSPS) is 9.78. The van der Waals surface area contributed by atoms with Crippen molar-refractivity contribution in [3.8, 4) is 0 Å². The standard InChI is InChI=1S/C2H2F3NO.CH6Si/c3-2(4,5)1(6)7;1-2/h(H2,6,7);1-2H3. The van der Waals surface area contributed by atoms with Gasteiger partial charge in [-0.15, -0.1) is 0 Å². The van der Waals surface area contributed by atoms with Crippen LogP contribution in [0.25, 0.3) is 0 Å². The molecule has 0 aliphatic heterocycles. The zero-order valence-corrected chi connectivity index (χ0v) is 7.12. The number of carbonyl (C=O) groups excluding carboxylic acids is 1. The molecule has 0 aliphatic rings. The molecule has 0 aliphatic carbocycles. The topological polar surface area (TPSA) is 43.1 Å². The Hall–Kier alpha value is -0.523. The fourth-order valence-electron chi connectivity index (χ4n) is 0. The number of hydrogen-bond donors (Lipinski definition) is 1. The summed E-state index contributed by atoms with van der Waals surface area (Å²) in [4.78, 5) is 9.12. The van der Waals surface area contributed by atoms with Gasteiger partial charge in [0.15, 0.2) is 0 Å². The van der Waals surface area contributed by atoms with Crippen LogP contribution < -0.4 is 5.73 Å². The number of rotatable bonds is 0. The predicted molar refractivity (Wildman–Crippen MR) is 31.1 cm³/mol. The monoisotopic (exact) mass is 159 g/mol. The molecule has 0 saturated carbocycles. The van der Waals surface area contributed by atoms with Crippen LogP contribution in [0.4, 0.5) is 13.2 Å². The van der Waals surface area contributed by atoms with Gasteiger partial charge in [-0.1, -0.05) is 6.55 Å². The largest absolute Gasteiger partial charge is 0.470 e. The molecule has 0 fully saturated rings. The first-order valence-electron chi connectivity index (χ1n) is 2.31. The Labute approximate surface area is 53.6 Å². The van der Waals surface area contributed by atoms with Gasteiger partial charge in [0, 0.05) is 0 Å². The van der Waals surface area contributed by atoms with Crippen LogP contribution >= 0.6 is 0 Å². The van der Waals surface area contributed by atoms with E-state index < -0.39 is 12.1 Å². The van der Waals surface area contributed by atoms with Crippen LogP contribution in [0.15, 0.2) is 0 Å². The van der Waals surface area contributed by atoms with E-state index in [9.17, 15) is 13.2 Å². The third kappa shape index (κ3) is 7.48. The predicted octanol–water partition coefficient (Wildman–Crippen LogP) is -0.566. The lowest BCUT2D eigenvalue weighted by Gasteiger charge is -1.95. The lowest BCUT2D eigenvalue weighted by Crippen LogP contribution is -2.30. The van der Waals surface area contributed by atoms with Gasteiger partial charge < -0.3 is 5.73 Å². The second-order valence-corrected chi connectivity index (χ2v) is 0.862. The number of primary amides is 1. The molecule has 0 aromatic carbocycles. The van der Waals surface area contributed by atoms with Crippen molar-refractivity contribution in [1.29, 1.82) is 0 Å². The van der Waals surface area contributed by atoms with Crippen LogP contribution in [0.2, 0.25) is 6.55 Å². The van der Waals surface area contributed by atoms with Gasteiger partial charge in [0.2, 0.25) is 0 Å². The van der Waals surface area contributed by atoms with Gasteiger partial charge in [-0.2, -0.15) is 13.2 Å². The first kappa shape index (κ1) is 11.3. The number of halogens is 3. The Morgan fingerprint density at radius 2 is 1.56 bits per heavy atom. The summed E-state index contributed by atoms with van der Waals surface area (Å²) < 4.78 is 32.1. The molecule has 0 atom stereocenters. The molecule has 6 heteroatoms. The number of alkyl halides is 3. The minimum Gasteiger partial charge on any atom is -0.362 e. The Balaban J connectivity index is 0. The van der Waals surface area contributed by atoms with Gasteiger partial charge in [-0.25, -0.2) is 0 Å². The van der Waals surface area contributed by atoms with Crippen LogP contribution in [0.1, 0.15) is 0 Å². The van der Waals surface area contributed by atoms with Gasteiger partial charge in [0.05, 0.1) is 0 Å². The minimum atomic E-state index is -4.86. The maximum atomic E-state index is 10.7. The summed E-state index contributed by atoms with van der Waals surface area (Å²) in [6.45, 7) is 2.14. The van der Waals surface area contributed by atoms with Crippen molar-refractivity contribution in [2.75, 3.05) is 0 Å².